The first kappa shape index (κ1) is 21.8. The number of nitrogens with zero attached hydrogens (tertiary/aromatic N) is 3. The lowest BCUT2D eigenvalue weighted by atomic mass is 9.94. The number of methoxy groups -OCH3 is 1. The Balaban J connectivity index is 1.30. The topological polar surface area (TPSA) is 80.5 Å². The molecule has 1 atom stereocenters. The number of carbonyl (C=O) groups is 1. The fraction of sp³-hybridized carbons (Fsp3) is 0.625. The number of amides is 1. The van der Waals surface area contributed by atoms with Gasteiger partial charge in [-0.25, -0.2) is 0 Å². The number of rotatable bonds is 6. The number of nitrogens with one attached hydrogen (secondary N) is 1. The van der Waals surface area contributed by atoms with E-state index in [4.69, 9.17) is 9.26 Å². The van der Waals surface area contributed by atoms with Gasteiger partial charge in [-0.05, 0) is 56.5 Å². The second kappa shape index (κ2) is 10.8. The molecule has 2 aromatic rings. The number of ether oxygens (including phenoxy) is 1. The minimum absolute atomic E-state index is 0.0446. The summed E-state index contributed by atoms with van der Waals surface area (Å²) in [6, 6.07) is 7.96. The monoisotopic (exact) mass is 426 g/mol. The molecule has 7 nitrogen and oxygen atoms in total. The summed E-state index contributed by atoms with van der Waals surface area (Å²) in [5, 5.41) is 7.47. The lowest BCUT2D eigenvalue weighted by molar-refractivity contribution is -0.127. The second-order valence-corrected chi connectivity index (χ2v) is 8.87. The Labute approximate surface area is 184 Å². The number of aromatic nitrogens is 2. The van der Waals surface area contributed by atoms with E-state index < -0.39 is 0 Å². The number of carbonyl (C=O) groups excluding carboxylic acids is 1. The van der Waals surface area contributed by atoms with E-state index in [1.54, 1.807) is 7.11 Å². The summed E-state index contributed by atoms with van der Waals surface area (Å²) >= 11 is 0. The number of hydrogen-bond acceptors (Lipinski definition) is 6. The molecule has 1 aliphatic heterocycles. The summed E-state index contributed by atoms with van der Waals surface area (Å²) < 4.78 is 10.7. The van der Waals surface area contributed by atoms with Crippen molar-refractivity contribution >= 4 is 5.91 Å². The van der Waals surface area contributed by atoms with E-state index in [0.29, 0.717) is 24.3 Å². The summed E-state index contributed by atoms with van der Waals surface area (Å²) in [4.78, 5) is 19.7. The van der Waals surface area contributed by atoms with Crippen LogP contribution < -0.4 is 10.1 Å². The molecule has 7 heteroatoms. The van der Waals surface area contributed by atoms with Gasteiger partial charge in [0.05, 0.1) is 19.6 Å². The van der Waals surface area contributed by atoms with Gasteiger partial charge in [0, 0.05) is 18.2 Å². The van der Waals surface area contributed by atoms with Crippen LogP contribution in [0.15, 0.2) is 28.8 Å². The Morgan fingerprint density at radius 1 is 1.10 bits per heavy atom. The normalized spacial score (nSPS) is 21.3. The fourth-order valence-corrected chi connectivity index (χ4v) is 4.70. The van der Waals surface area contributed by atoms with Gasteiger partial charge in [-0.1, -0.05) is 37.3 Å². The van der Waals surface area contributed by atoms with Crippen molar-refractivity contribution in [2.24, 2.45) is 5.92 Å². The molecule has 1 saturated heterocycles. The van der Waals surface area contributed by atoms with Crippen LogP contribution in [0.5, 0.6) is 5.75 Å². The Hall–Kier alpha value is -2.41. The van der Waals surface area contributed by atoms with Crippen LogP contribution in [0, 0.1) is 5.92 Å². The average Bonchev–Trinajstić information content (AvgIpc) is 3.24. The van der Waals surface area contributed by atoms with Gasteiger partial charge in [0.1, 0.15) is 5.75 Å². The van der Waals surface area contributed by atoms with E-state index in [0.717, 1.165) is 50.1 Å². The molecular weight excluding hydrogens is 392 g/mol. The molecule has 0 spiro atoms. The van der Waals surface area contributed by atoms with Gasteiger partial charge in [0.15, 0.2) is 0 Å². The van der Waals surface area contributed by atoms with Gasteiger partial charge in [-0.15, -0.1) is 0 Å². The van der Waals surface area contributed by atoms with E-state index in [9.17, 15) is 4.79 Å². The van der Waals surface area contributed by atoms with Crippen molar-refractivity contribution in [1.29, 1.82) is 0 Å². The zero-order chi connectivity index (χ0) is 21.5. The predicted octanol–water partition coefficient (Wildman–Crippen LogP) is 4.19. The molecule has 1 aliphatic carbocycles. The summed E-state index contributed by atoms with van der Waals surface area (Å²) in [5.74, 6) is 2.23. The highest BCUT2D eigenvalue weighted by Gasteiger charge is 2.28. The van der Waals surface area contributed by atoms with Crippen molar-refractivity contribution in [3.63, 3.8) is 0 Å². The van der Waals surface area contributed by atoms with Gasteiger partial charge in [-0.2, -0.15) is 4.98 Å². The quantitative estimate of drug-likeness (QED) is 0.746. The molecule has 1 amide bonds. The zero-order valence-corrected chi connectivity index (χ0v) is 18.5. The lowest BCUT2D eigenvalue weighted by Gasteiger charge is -2.32. The Bertz CT molecular complexity index is 828. The van der Waals surface area contributed by atoms with E-state index in [1.165, 1.54) is 32.1 Å². The van der Waals surface area contributed by atoms with Crippen molar-refractivity contribution in [3.8, 4) is 17.1 Å². The molecule has 0 radical (unpaired) electrons. The molecular formula is C24H34N4O3. The Morgan fingerprint density at radius 3 is 2.58 bits per heavy atom. The third-order valence-electron chi connectivity index (χ3n) is 6.50. The van der Waals surface area contributed by atoms with E-state index in [1.807, 2.05) is 24.3 Å². The van der Waals surface area contributed by atoms with Crippen LogP contribution in [0.3, 0.4) is 0 Å². The van der Waals surface area contributed by atoms with E-state index in [2.05, 4.69) is 20.4 Å². The van der Waals surface area contributed by atoms with Crippen LogP contribution >= 0.6 is 0 Å². The molecule has 2 fully saturated rings. The molecule has 31 heavy (non-hydrogen) atoms. The van der Waals surface area contributed by atoms with Crippen LogP contribution in [-0.2, 0) is 11.3 Å². The molecule has 4 rings (SSSR count). The van der Waals surface area contributed by atoms with Crippen LogP contribution in [0.25, 0.3) is 11.4 Å². The highest BCUT2D eigenvalue weighted by Crippen LogP contribution is 2.23. The third-order valence-corrected chi connectivity index (χ3v) is 6.50. The van der Waals surface area contributed by atoms with E-state index >= 15 is 0 Å². The van der Waals surface area contributed by atoms with Crippen molar-refractivity contribution < 1.29 is 14.1 Å². The van der Waals surface area contributed by atoms with Crippen LogP contribution in [-0.4, -0.2) is 47.2 Å². The summed E-state index contributed by atoms with van der Waals surface area (Å²) in [6.07, 6.45) is 10.6. The number of benzene rings is 1. The highest BCUT2D eigenvalue weighted by atomic mass is 16.5. The summed E-state index contributed by atoms with van der Waals surface area (Å²) in [7, 11) is 1.64. The zero-order valence-electron chi connectivity index (χ0n) is 18.5. The second-order valence-electron chi connectivity index (χ2n) is 8.87. The maximum Gasteiger partial charge on any atom is 0.241 e. The minimum atomic E-state index is 0.0446. The molecule has 1 N–H and O–H groups in total. The molecule has 168 valence electrons. The van der Waals surface area contributed by atoms with Crippen molar-refractivity contribution in [2.45, 2.75) is 70.4 Å². The van der Waals surface area contributed by atoms with E-state index in [-0.39, 0.29) is 11.8 Å². The summed E-state index contributed by atoms with van der Waals surface area (Å²) in [6.45, 7) is 2.28. The maximum absolute atomic E-state index is 12.9. The average molecular weight is 427 g/mol. The number of likely N-dealkylation sites (tertiary alicyclic amines) is 1. The third kappa shape index (κ3) is 6.06. The van der Waals surface area contributed by atoms with Gasteiger partial charge in [-0.3, -0.25) is 9.69 Å². The fourth-order valence-electron chi connectivity index (χ4n) is 4.70. The molecule has 1 aromatic carbocycles. The van der Waals surface area contributed by atoms with Crippen molar-refractivity contribution in [2.75, 3.05) is 20.2 Å². The number of piperidine rings is 1. The first-order valence-corrected chi connectivity index (χ1v) is 11.7. The van der Waals surface area contributed by atoms with Gasteiger partial charge in [0.2, 0.25) is 17.6 Å². The summed E-state index contributed by atoms with van der Waals surface area (Å²) in [5.41, 5.74) is 0.894. The Morgan fingerprint density at radius 2 is 1.84 bits per heavy atom. The van der Waals surface area contributed by atoms with Crippen LogP contribution in [0.2, 0.25) is 0 Å². The van der Waals surface area contributed by atoms with Crippen LogP contribution in [0.4, 0.5) is 0 Å². The van der Waals surface area contributed by atoms with Crippen molar-refractivity contribution in [3.05, 3.63) is 30.2 Å². The van der Waals surface area contributed by atoms with Gasteiger partial charge >= 0.3 is 0 Å². The first-order valence-electron chi connectivity index (χ1n) is 11.7. The maximum atomic E-state index is 12.9. The molecule has 1 saturated carbocycles. The highest BCUT2D eigenvalue weighted by molar-refractivity contribution is 5.79. The van der Waals surface area contributed by atoms with Crippen LogP contribution in [0.1, 0.15) is 63.7 Å². The molecule has 0 bridgehead atoms. The number of hydrogen-bond donors (Lipinski definition) is 1. The molecule has 2 heterocycles. The minimum Gasteiger partial charge on any atom is -0.497 e. The molecule has 2 aliphatic rings. The first-order chi connectivity index (χ1) is 15.2. The SMILES string of the molecule is COc1ccc(-c2noc(CN3CCCC(C(=O)NC4CCCCCCC4)C3)n2)cc1. The molecule has 1 aromatic heterocycles. The Kier molecular flexibility index (Phi) is 7.57. The standard InChI is InChI=1S/C24H34N4O3/c1-30-21-13-11-18(12-14-21)23-26-22(31-27-23)17-28-15-7-8-19(16-28)24(29)25-20-9-5-3-2-4-6-10-20/h11-14,19-20H,2-10,15-17H2,1H3,(H,25,29). The van der Waals surface area contributed by atoms with Crippen molar-refractivity contribution in [1.82, 2.24) is 20.4 Å². The predicted molar refractivity (Wildman–Crippen MR) is 119 cm³/mol. The molecule has 1 unspecified atom stereocenters. The largest absolute Gasteiger partial charge is 0.497 e. The smallest absolute Gasteiger partial charge is 0.241 e. The lowest BCUT2D eigenvalue weighted by Crippen LogP contribution is -2.45. The van der Waals surface area contributed by atoms with Gasteiger partial charge < -0.3 is 14.6 Å². The van der Waals surface area contributed by atoms with Gasteiger partial charge in [0.25, 0.3) is 0 Å².